The Kier molecular flexibility index (Phi) is 4.68. The fourth-order valence-corrected chi connectivity index (χ4v) is 3.65. The van der Waals surface area contributed by atoms with Gasteiger partial charge in [-0.15, -0.1) is 4.99 Å². The van der Waals surface area contributed by atoms with E-state index in [4.69, 9.17) is 4.74 Å². The number of hydrogen-bond acceptors (Lipinski definition) is 6. The number of Topliss-reactive ketones (excluding diaryl/α,β-unsaturated/α-hetero) is 1. The molecule has 0 aliphatic carbocycles. The number of hydrogen-bond donors (Lipinski definition) is 0. The molecule has 1 aromatic rings. The van der Waals surface area contributed by atoms with E-state index in [1.165, 1.54) is 11.9 Å². The Balaban J connectivity index is 1.75. The fraction of sp³-hybridized carbons (Fsp3) is 0.421. The summed E-state index contributed by atoms with van der Waals surface area (Å²) in [5, 5.41) is 0. The third kappa shape index (κ3) is 2.97. The molecule has 0 N–H and O–H groups in total. The molecular weight excluding hydrogens is 362 g/mol. The maximum atomic E-state index is 12.9. The number of ether oxygens (including phenoxy) is 1. The lowest BCUT2D eigenvalue weighted by molar-refractivity contribution is -0.407. The molecular formula is C19H22N5O4+. The van der Waals surface area contributed by atoms with Crippen LogP contribution in [-0.4, -0.2) is 102 Å². The molecule has 3 aliphatic rings. The number of imide groups is 1. The van der Waals surface area contributed by atoms with Crippen LogP contribution in [0.1, 0.15) is 10.4 Å². The van der Waals surface area contributed by atoms with Crippen LogP contribution in [0, 0.1) is 0 Å². The van der Waals surface area contributed by atoms with Crippen molar-refractivity contribution in [2.75, 3.05) is 46.9 Å². The highest BCUT2D eigenvalue weighted by Crippen LogP contribution is 2.21. The molecule has 1 unspecified atom stereocenters. The van der Waals surface area contributed by atoms with Crippen LogP contribution in [0.3, 0.4) is 0 Å². The largest absolute Gasteiger partial charge is 0.376 e. The summed E-state index contributed by atoms with van der Waals surface area (Å²) < 4.78 is 7.11. The number of amides is 3. The Morgan fingerprint density at radius 1 is 1.14 bits per heavy atom. The number of nitrogens with zero attached hydrogens (tertiary/aromatic N) is 5. The summed E-state index contributed by atoms with van der Waals surface area (Å²) in [7, 11) is 3.05. The average molecular weight is 384 g/mol. The second-order valence-electron chi connectivity index (χ2n) is 6.90. The molecule has 2 fully saturated rings. The molecule has 1 atom stereocenters. The van der Waals surface area contributed by atoms with Crippen molar-refractivity contribution in [1.29, 1.82) is 0 Å². The van der Waals surface area contributed by atoms with Crippen molar-refractivity contribution in [3.63, 3.8) is 0 Å². The molecule has 9 heteroatoms. The molecule has 3 aliphatic heterocycles. The highest BCUT2D eigenvalue weighted by atomic mass is 16.5. The number of likely N-dealkylation sites (N-methyl/N-ethyl adjacent to an activating group) is 2. The van der Waals surface area contributed by atoms with E-state index < -0.39 is 18.0 Å². The van der Waals surface area contributed by atoms with Crippen LogP contribution in [0.5, 0.6) is 0 Å². The SMILES string of the molecule is CN1C(=O)C2N=C(N3CCOCC3)[N+](CC(=O)c3ccccc3)=C2N(C)C1=O. The zero-order chi connectivity index (χ0) is 19.8. The molecule has 0 radical (unpaired) electrons. The molecule has 28 heavy (non-hydrogen) atoms. The smallest absolute Gasteiger partial charge is 0.374 e. The van der Waals surface area contributed by atoms with Gasteiger partial charge in [0.2, 0.25) is 5.84 Å². The number of guanidine groups is 1. The lowest BCUT2D eigenvalue weighted by atomic mass is 10.1. The quantitative estimate of drug-likeness (QED) is 0.536. The normalized spacial score (nSPS) is 22.6. The van der Waals surface area contributed by atoms with Crippen molar-refractivity contribution in [1.82, 2.24) is 14.7 Å². The Morgan fingerprint density at radius 2 is 1.82 bits per heavy atom. The van der Waals surface area contributed by atoms with Gasteiger partial charge >= 0.3 is 12.0 Å². The summed E-state index contributed by atoms with van der Waals surface area (Å²) in [4.78, 5) is 47.1. The highest BCUT2D eigenvalue weighted by molar-refractivity contribution is 6.21. The summed E-state index contributed by atoms with van der Waals surface area (Å²) in [5.74, 6) is 0.468. The van der Waals surface area contributed by atoms with Crippen LogP contribution in [0.15, 0.2) is 35.3 Å². The lowest BCUT2D eigenvalue weighted by Gasteiger charge is -2.29. The summed E-state index contributed by atoms with van der Waals surface area (Å²) in [6, 6.07) is 7.69. The van der Waals surface area contributed by atoms with E-state index in [0.29, 0.717) is 43.7 Å². The summed E-state index contributed by atoms with van der Waals surface area (Å²) >= 11 is 0. The summed E-state index contributed by atoms with van der Waals surface area (Å²) in [5.41, 5.74) is 0.570. The number of ketones is 1. The predicted octanol–water partition coefficient (Wildman–Crippen LogP) is -0.125. The number of morpholine rings is 1. The minimum absolute atomic E-state index is 0.000646. The number of amidine groups is 1. The summed E-state index contributed by atoms with van der Waals surface area (Å²) in [6.45, 7) is 2.30. The van der Waals surface area contributed by atoms with Gasteiger partial charge < -0.3 is 4.74 Å². The van der Waals surface area contributed by atoms with Gasteiger partial charge in [0.25, 0.3) is 11.9 Å². The van der Waals surface area contributed by atoms with E-state index in [2.05, 4.69) is 4.99 Å². The van der Waals surface area contributed by atoms with Gasteiger partial charge in [0, 0.05) is 12.6 Å². The van der Waals surface area contributed by atoms with Gasteiger partial charge in [-0.3, -0.25) is 19.4 Å². The summed E-state index contributed by atoms with van der Waals surface area (Å²) in [6.07, 6.45) is 0. The molecule has 9 nitrogen and oxygen atoms in total. The van der Waals surface area contributed by atoms with Crippen molar-refractivity contribution in [2.45, 2.75) is 6.04 Å². The number of carbonyl (C=O) groups is 3. The van der Waals surface area contributed by atoms with Crippen molar-refractivity contribution in [3.8, 4) is 0 Å². The van der Waals surface area contributed by atoms with Crippen LogP contribution in [0.4, 0.5) is 4.79 Å². The van der Waals surface area contributed by atoms with Gasteiger partial charge in [-0.25, -0.2) is 14.3 Å². The lowest BCUT2D eigenvalue weighted by Crippen LogP contribution is -2.60. The highest BCUT2D eigenvalue weighted by Gasteiger charge is 2.52. The first kappa shape index (κ1) is 18.3. The molecule has 3 heterocycles. The van der Waals surface area contributed by atoms with Crippen molar-refractivity contribution in [2.24, 2.45) is 4.99 Å². The third-order valence-corrected chi connectivity index (χ3v) is 5.18. The van der Waals surface area contributed by atoms with E-state index in [1.54, 1.807) is 35.9 Å². The number of urea groups is 1. The first-order valence-corrected chi connectivity index (χ1v) is 9.17. The molecule has 0 saturated carbocycles. The van der Waals surface area contributed by atoms with Crippen LogP contribution in [0.25, 0.3) is 0 Å². The minimum Gasteiger partial charge on any atom is -0.376 e. The fourth-order valence-electron chi connectivity index (χ4n) is 3.65. The third-order valence-electron chi connectivity index (χ3n) is 5.18. The Labute approximate surface area is 162 Å². The van der Waals surface area contributed by atoms with Crippen molar-refractivity contribution >= 4 is 29.5 Å². The molecule has 2 saturated heterocycles. The molecule has 3 amide bonds. The van der Waals surface area contributed by atoms with Gasteiger partial charge in [0.05, 0.1) is 33.4 Å². The minimum atomic E-state index is -0.825. The van der Waals surface area contributed by atoms with Crippen molar-refractivity contribution < 1.29 is 23.7 Å². The van der Waals surface area contributed by atoms with E-state index in [9.17, 15) is 14.4 Å². The van der Waals surface area contributed by atoms with Crippen LogP contribution in [0.2, 0.25) is 0 Å². The molecule has 146 valence electrons. The van der Waals surface area contributed by atoms with Crippen LogP contribution < -0.4 is 0 Å². The number of rotatable bonds is 3. The van der Waals surface area contributed by atoms with E-state index in [1.807, 2.05) is 11.0 Å². The van der Waals surface area contributed by atoms with Gasteiger partial charge in [-0.05, 0) is 0 Å². The predicted molar refractivity (Wildman–Crippen MR) is 100 cm³/mol. The Hall–Kier alpha value is -3.07. The Morgan fingerprint density at radius 3 is 2.50 bits per heavy atom. The van der Waals surface area contributed by atoms with E-state index >= 15 is 0 Å². The van der Waals surface area contributed by atoms with E-state index in [0.717, 1.165) is 4.90 Å². The number of benzene rings is 1. The second-order valence-corrected chi connectivity index (χ2v) is 6.90. The monoisotopic (exact) mass is 384 g/mol. The molecule has 0 aromatic heterocycles. The van der Waals surface area contributed by atoms with Gasteiger partial charge in [-0.1, -0.05) is 30.3 Å². The average Bonchev–Trinajstić information content (AvgIpc) is 3.11. The molecule has 4 rings (SSSR count). The van der Waals surface area contributed by atoms with Gasteiger partial charge in [0.1, 0.15) is 6.54 Å². The first-order valence-electron chi connectivity index (χ1n) is 9.17. The molecule has 1 aromatic carbocycles. The zero-order valence-corrected chi connectivity index (χ0v) is 15.9. The first-order chi connectivity index (χ1) is 13.5. The maximum absolute atomic E-state index is 12.9. The van der Waals surface area contributed by atoms with Crippen molar-refractivity contribution in [3.05, 3.63) is 35.9 Å². The standard InChI is InChI=1S/C19H22N5O4/c1-21-16-15(17(26)22(2)19(21)27)20-18(23-8-10-28-11-9-23)24(16)12-14(25)13-6-4-3-5-7-13/h3-7,15H,8-12H2,1-2H3/q+1. The van der Waals surface area contributed by atoms with Crippen LogP contribution in [-0.2, 0) is 9.53 Å². The second kappa shape index (κ2) is 7.16. The maximum Gasteiger partial charge on any atom is 0.374 e. The van der Waals surface area contributed by atoms with Gasteiger partial charge in [0.15, 0.2) is 5.78 Å². The number of fused-ring (bicyclic) bond motifs is 1. The molecule has 0 spiro atoms. The van der Waals surface area contributed by atoms with E-state index in [-0.39, 0.29) is 12.3 Å². The number of aliphatic imine (C=N–C) groups is 1. The Bertz CT molecular complexity index is 889. The zero-order valence-electron chi connectivity index (χ0n) is 15.9. The topological polar surface area (TPSA) is 85.5 Å². The number of carbonyl (C=O) groups excluding carboxylic acids is 3. The van der Waals surface area contributed by atoms with Crippen LogP contribution >= 0.6 is 0 Å². The van der Waals surface area contributed by atoms with Gasteiger partial charge in [-0.2, -0.15) is 0 Å². The molecule has 0 bridgehead atoms.